The average molecular weight is 232 g/mol. The molecule has 0 fully saturated rings. The molecule has 60 valence electrons. The molecule has 1 heterocycles. The highest BCUT2D eigenvalue weighted by atomic mass is 35.5. The van der Waals surface area contributed by atoms with Crippen LogP contribution in [0.3, 0.4) is 0 Å². The Morgan fingerprint density at radius 2 is 2.09 bits per heavy atom. The van der Waals surface area contributed by atoms with Crippen LogP contribution in [0.2, 0.25) is 10.2 Å². The third kappa shape index (κ3) is 2.56. The summed E-state index contributed by atoms with van der Waals surface area (Å²) in [5, 5.41) is 4.33. The summed E-state index contributed by atoms with van der Waals surface area (Å²) < 4.78 is 1.42. The van der Waals surface area contributed by atoms with Gasteiger partial charge in [-0.3, -0.25) is 0 Å². The first kappa shape index (κ1) is 9.20. The standard InChI is InChI=1S/C5H2Cl4N2/c6-3-1-11(2-4(7)8)10-5(3)9/h1-2H. The van der Waals surface area contributed by atoms with Crippen molar-refractivity contribution in [2.24, 2.45) is 0 Å². The molecule has 0 spiro atoms. The first-order chi connectivity index (χ1) is 5.09. The van der Waals surface area contributed by atoms with Gasteiger partial charge in [-0.1, -0.05) is 46.4 Å². The smallest absolute Gasteiger partial charge is 0.170 e. The van der Waals surface area contributed by atoms with Crippen LogP contribution in [0, 0.1) is 0 Å². The first-order valence-electron chi connectivity index (χ1n) is 2.52. The number of nitrogens with zero attached hydrogens (tertiary/aromatic N) is 2. The van der Waals surface area contributed by atoms with E-state index in [1.807, 2.05) is 0 Å². The third-order valence-corrected chi connectivity index (χ3v) is 1.72. The van der Waals surface area contributed by atoms with E-state index in [0.29, 0.717) is 5.02 Å². The lowest BCUT2D eigenvalue weighted by molar-refractivity contribution is 0.935. The van der Waals surface area contributed by atoms with E-state index in [1.165, 1.54) is 17.1 Å². The topological polar surface area (TPSA) is 17.8 Å². The SMILES string of the molecule is ClC(Cl)=Cn1cc(Cl)c(Cl)n1. The van der Waals surface area contributed by atoms with E-state index in [2.05, 4.69) is 5.10 Å². The van der Waals surface area contributed by atoms with E-state index in [-0.39, 0.29) is 9.64 Å². The molecule has 0 aromatic carbocycles. The van der Waals surface area contributed by atoms with Gasteiger partial charge in [0.2, 0.25) is 0 Å². The lowest BCUT2D eigenvalue weighted by atomic mass is 10.7. The highest BCUT2D eigenvalue weighted by molar-refractivity contribution is 6.57. The number of halogens is 4. The van der Waals surface area contributed by atoms with Crippen molar-refractivity contribution < 1.29 is 0 Å². The molecule has 0 radical (unpaired) electrons. The number of hydrogen-bond donors (Lipinski definition) is 0. The molecule has 0 atom stereocenters. The van der Waals surface area contributed by atoms with Gasteiger partial charge in [0.15, 0.2) is 5.15 Å². The molecule has 0 aliphatic heterocycles. The van der Waals surface area contributed by atoms with Gasteiger partial charge in [0.25, 0.3) is 0 Å². The monoisotopic (exact) mass is 230 g/mol. The second kappa shape index (κ2) is 3.68. The highest BCUT2D eigenvalue weighted by Crippen LogP contribution is 2.19. The predicted octanol–water partition coefficient (Wildman–Crippen LogP) is 3.42. The fourth-order valence-electron chi connectivity index (χ4n) is 0.514. The van der Waals surface area contributed by atoms with Gasteiger partial charge < -0.3 is 0 Å². The Morgan fingerprint density at radius 1 is 1.45 bits per heavy atom. The van der Waals surface area contributed by atoms with Crippen molar-refractivity contribution in [3.8, 4) is 0 Å². The fourth-order valence-corrected chi connectivity index (χ4v) is 0.987. The van der Waals surface area contributed by atoms with E-state index in [4.69, 9.17) is 46.4 Å². The van der Waals surface area contributed by atoms with Crippen molar-refractivity contribution in [1.82, 2.24) is 9.78 Å². The molecular weight excluding hydrogens is 230 g/mol. The van der Waals surface area contributed by atoms with Crippen LogP contribution in [0.4, 0.5) is 0 Å². The molecule has 0 aliphatic carbocycles. The second-order valence-electron chi connectivity index (χ2n) is 1.67. The molecule has 1 aromatic heterocycles. The number of hydrogen-bond acceptors (Lipinski definition) is 1. The van der Waals surface area contributed by atoms with E-state index in [0.717, 1.165) is 0 Å². The Balaban J connectivity index is 2.98. The normalized spacial score (nSPS) is 9.82. The molecule has 0 aliphatic rings. The molecule has 0 unspecified atom stereocenters. The van der Waals surface area contributed by atoms with Crippen molar-refractivity contribution in [2.45, 2.75) is 0 Å². The van der Waals surface area contributed by atoms with Crippen molar-refractivity contribution in [1.29, 1.82) is 0 Å². The van der Waals surface area contributed by atoms with Gasteiger partial charge in [-0.05, 0) is 0 Å². The molecule has 1 aromatic rings. The zero-order valence-corrected chi connectivity index (χ0v) is 8.08. The van der Waals surface area contributed by atoms with Crippen LogP contribution < -0.4 is 0 Å². The van der Waals surface area contributed by atoms with Gasteiger partial charge in [0.05, 0.1) is 17.4 Å². The molecule has 6 heteroatoms. The Labute approximate surface area is 83.3 Å². The van der Waals surface area contributed by atoms with Crippen molar-refractivity contribution in [3.05, 3.63) is 20.9 Å². The van der Waals surface area contributed by atoms with Crippen molar-refractivity contribution >= 4 is 52.6 Å². The summed E-state index contributed by atoms with van der Waals surface area (Å²) in [5.74, 6) is 0. The Kier molecular flexibility index (Phi) is 3.07. The fraction of sp³-hybridized carbons (Fsp3) is 0. The van der Waals surface area contributed by atoms with Gasteiger partial charge in [-0.25, -0.2) is 4.68 Å². The van der Waals surface area contributed by atoms with Crippen LogP contribution in [-0.2, 0) is 0 Å². The van der Waals surface area contributed by atoms with Crippen molar-refractivity contribution in [2.75, 3.05) is 0 Å². The zero-order chi connectivity index (χ0) is 8.43. The quantitative estimate of drug-likeness (QED) is 0.725. The predicted molar refractivity (Wildman–Crippen MR) is 48.2 cm³/mol. The molecular formula is C5H2Cl4N2. The molecule has 2 nitrogen and oxygen atoms in total. The second-order valence-corrected chi connectivity index (χ2v) is 3.44. The van der Waals surface area contributed by atoms with Crippen LogP contribution in [0.5, 0.6) is 0 Å². The Bertz CT molecular complexity index is 267. The minimum atomic E-state index is 0.0841. The molecule has 0 saturated carbocycles. The summed E-state index contributed by atoms with van der Waals surface area (Å²) in [6, 6.07) is 0. The molecule has 0 bridgehead atoms. The summed E-state index contributed by atoms with van der Waals surface area (Å²) in [6.07, 6.45) is 2.87. The van der Waals surface area contributed by atoms with E-state index >= 15 is 0 Å². The molecule has 0 amide bonds. The van der Waals surface area contributed by atoms with Gasteiger partial charge in [-0.2, -0.15) is 5.10 Å². The van der Waals surface area contributed by atoms with Gasteiger partial charge in [0.1, 0.15) is 4.49 Å². The Hall–Kier alpha value is 0.110. The van der Waals surface area contributed by atoms with Crippen LogP contribution in [-0.4, -0.2) is 9.78 Å². The Morgan fingerprint density at radius 3 is 2.45 bits per heavy atom. The minimum absolute atomic E-state index is 0.0841. The molecule has 0 saturated heterocycles. The van der Waals surface area contributed by atoms with Gasteiger partial charge in [0, 0.05) is 0 Å². The third-order valence-electron chi connectivity index (χ3n) is 0.876. The van der Waals surface area contributed by atoms with E-state index in [1.54, 1.807) is 0 Å². The maximum absolute atomic E-state index is 5.58. The summed E-state index contributed by atoms with van der Waals surface area (Å²) in [6.45, 7) is 0. The van der Waals surface area contributed by atoms with Crippen LogP contribution in [0.25, 0.3) is 6.20 Å². The summed E-state index contributed by atoms with van der Waals surface area (Å²) in [7, 11) is 0. The van der Waals surface area contributed by atoms with Crippen molar-refractivity contribution in [3.63, 3.8) is 0 Å². The molecule has 0 N–H and O–H groups in total. The maximum Gasteiger partial charge on any atom is 0.170 e. The molecule has 11 heavy (non-hydrogen) atoms. The minimum Gasteiger partial charge on any atom is -0.243 e. The first-order valence-corrected chi connectivity index (χ1v) is 4.04. The van der Waals surface area contributed by atoms with Crippen LogP contribution >= 0.6 is 46.4 Å². The number of aromatic nitrogens is 2. The largest absolute Gasteiger partial charge is 0.243 e. The average Bonchev–Trinajstić information content (AvgIpc) is 2.10. The lowest BCUT2D eigenvalue weighted by Gasteiger charge is -1.86. The number of rotatable bonds is 1. The maximum atomic E-state index is 5.58. The highest BCUT2D eigenvalue weighted by Gasteiger charge is 2.01. The van der Waals surface area contributed by atoms with Gasteiger partial charge in [-0.15, -0.1) is 0 Å². The van der Waals surface area contributed by atoms with E-state index in [9.17, 15) is 0 Å². The zero-order valence-electron chi connectivity index (χ0n) is 5.06. The lowest BCUT2D eigenvalue weighted by Crippen LogP contribution is -1.84. The summed E-state index contributed by atoms with van der Waals surface area (Å²) in [4.78, 5) is 0. The molecule has 1 rings (SSSR count). The van der Waals surface area contributed by atoms with E-state index < -0.39 is 0 Å². The summed E-state index contributed by atoms with van der Waals surface area (Å²) in [5.41, 5.74) is 0. The van der Waals surface area contributed by atoms with Crippen LogP contribution in [0.15, 0.2) is 10.7 Å². The van der Waals surface area contributed by atoms with Gasteiger partial charge >= 0.3 is 0 Å². The van der Waals surface area contributed by atoms with Crippen LogP contribution in [0.1, 0.15) is 0 Å². The summed E-state index contributed by atoms with van der Waals surface area (Å²) >= 11 is 21.8.